The van der Waals surface area contributed by atoms with Crippen LogP contribution in [0.25, 0.3) is 0 Å². The maximum Gasteiger partial charge on any atom is 0.416 e. The van der Waals surface area contributed by atoms with Crippen molar-refractivity contribution in [2.75, 3.05) is 5.43 Å². The van der Waals surface area contributed by atoms with E-state index in [4.69, 9.17) is 10.2 Å². The van der Waals surface area contributed by atoms with Crippen LogP contribution in [0, 0.1) is 0 Å². The normalized spacial score (nSPS) is 10.7. The van der Waals surface area contributed by atoms with Gasteiger partial charge >= 0.3 is 18.1 Å². The minimum atomic E-state index is -4.49. The molecular weight excluding hydrogens is 269 g/mol. The average molecular weight is 276 g/mol. The van der Waals surface area contributed by atoms with Crippen molar-refractivity contribution >= 4 is 23.3 Å². The summed E-state index contributed by atoms with van der Waals surface area (Å²) < 4.78 is 36.7. The number of carboxylic acids is 2. The van der Waals surface area contributed by atoms with Crippen molar-refractivity contribution < 1.29 is 33.0 Å². The summed E-state index contributed by atoms with van der Waals surface area (Å²) >= 11 is 0. The van der Waals surface area contributed by atoms with E-state index in [2.05, 4.69) is 5.10 Å². The van der Waals surface area contributed by atoms with E-state index in [-0.39, 0.29) is 5.69 Å². The number of carboxylic acid groups (broad SMARTS) is 2. The van der Waals surface area contributed by atoms with Crippen LogP contribution in [0.3, 0.4) is 0 Å². The Labute approximate surface area is 104 Å². The van der Waals surface area contributed by atoms with Gasteiger partial charge in [0.1, 0.15) is 0 Å². The van der Waals surface area contributed by atoms with E-state index in [1.807, 2.05) is 5.43 Å². The van der Waals surface area contributed by atoms with E-state index in [0.29, 0.717) is 0 Å². The Hall–Kier alpha value is -2.58. The van der Waals surface area contributed by atoms with E-state index in [9.17, 15) is 22.8 Å². The molecule has 0 aliphatic rings. The van der Waals surface area contributed by atoms with Crippen LogP contribution in [0.4, 0.5) is 18.9 Å². The molecule has 0 amide bonds. The molecule has 0 atom stereocenters. The van der Waals surface area contributed by atoms with E-state index in [1.165, 1.54) is 0 Å². The monoisotopic (exact) mass is 276 g/mol. The van der Waals surface area contributed by atoms with Gasteiger partial charge in [0.25, 0.3) is 5.71 Å². The standard InChI is InChI=1S/C10H7F3N2O4/c11-10(12,13)5-1-3-6(4-2-5)14-15-7(8(16)17)9(18)19/h1-4,14H,(H,16,17)(H,18,19). The summed E-state index contributed by atoms with van der Waals surface area (Å²) in [6, 6.07) is 3.49. The van der Waals surface area contributed by atoms with Gasteiger partial charge in [-0.15, -0.1) is 0 Å². The number of nitrogens with one attached hydrogen (secondary N) is 1. The zero-order chi connectivity index (χ0) is 14.6. The third-order valence-electron chi connectivity index (χ3n) is 1.91. The molecule has 1 aromatic carbocycles. The fraction of sp³-hybridized carbons (Fsp3) is 0.100. The average Bonchev–Trinajstić information content (AvgIpc) is 2.27. The zero-order valence-electron chi connectivity index (χ0n) is 9.10. The Bertz CT molecular complexity index is 507. The van der Waals surface area contributed by atoms with Crippen molar-refractivity contribution in [1.29, 1.82) is 0 Å². The summed E-state index contributed by atoms with van der Waals surface area (Å²) in [6.07, 6.45) is -4.49. The number of hydrogen-bond donors (Lipinski definition) is 3. The van der Waals surface area contributed by atoms with Gasteiger partial charge in [0.15, 0.2) is 0 Å². The molecule has 0 fully saturated rings. The molecule has 1 aromatic rings. The van der Waals surface area contributed by atoms with Crippen LogP contribution in [0.15, 0.2) is 29.4 Å². The van der Waals surface area contributed by atoms with Crippen molar-refractivity contribution in [2.45, 2.75) is 6.18 Å². The number of aliphatic carboxylic acids is 2. The fourth-order valence-electron chi connectivity index (χ4n) is 1.04. The number of nitrogens with zero attached hydrogens (tertiary/aromatic N) is 1. The summed E-state index contributed by atoms with van der Waals surface area (Å²) in [5.74, 6) is -3.54. The maximum absolute atomic E-state index is 12.2. The first-order chi connectivity index (χ1) is 8.71. The number of hydrazone groups is 1. The molecule has 0 aliphatic carbocycles. The molecule has 19 heavy (non-hydrogen) atoms. The molecule has 1 rings (SSSR count). The lowest BCUT2D eigenvalue weighted by atomic mass is 10.2. The summed E-state index contributed by atoms with van der Waals surface area (Å²) in [7, 11) is 0. The molecule has 9 heteroatoms. The Morgan fingerprint density at radius 2 is 1.53 bits per heavy atom. The number of benzene rings is 1. The van der Waals surface area contributed by atoms with Crippen LogP contribution in [0.1, 0.15) is 5.56 Å². The molecule has 3 N–H and O–H groups in total. The fourth-order valence-corrected chi connectivity index (χ4v) is 1.04. The van der Waals surface area contributed by atoms with Gasteiger partial charge < -0.3 is 10.2 Å². The largest absolute Gasteiger partial charge is 0.476 e. The number of halogens is 3. The minimum absolute atomic E-state index is 0.0213. The summed E-state index contributed by atoms with van der Waals surface area (Å²) in [4.78, 5) is 20.9. The first kappa shape index (κ1) is 14.5. The van der Waals surface area contributed by atoms with E-state index >= 15 is 0 Å². The van der Waals surface area contributed by atoms with Gasteiger partial charge in [-0.1, -0.05) is 0 Å². The minimum Gasteiger partial charge on any atom is -0.476 e. The molecule has 0 aromatic heterocycles. The van der Waals surface area contributed by atoms with Crippen molar-refractivity contribution in [3.05, 3.63) is 29.8 Å². The first-order valence-electron chi connectivity index (χ1n) is 4.69. The Morgan fingerprint density at radius 3 is 1.89 bits per heavy atom. The highest BCUT2D eigenvalue weighted by molar-refractivity contribution is 6.61. The molecule has 0 unspecified atom stereocenters. The zero-order valence-corrected chi connectivity index (χ0v) is 9.10. The topological polar surface area (TPSA) is 99.0 Å². The van der Waals surface area contributed by atoms with Crippen molar-refractivity contribution in [1.82, 2.24) is 0 Å². The summed E-state index contributed by atoms with van der Waals surface area (Å²) in [5, 5.41) is 20.0. The smallest absolute Gasteiger partial charge is 0.416 e. The Balaban J connectivity index is 2.87. The van der Waals surface area contributed by atoms with E-state index in [0.717, 1.165) is 24.3 Å². The van der Waals surface area contributed by atoms with Gasteiger partial charge in [0.2, 0.25) is 0 Å². The van der Waals surface area contributed by atoms with Crippen LogP contribution in [-0.2, 0) is 15.8 Å². The number of alkyl halides is 3. The molecule has 0 radical (unpaired) electrons. The van der Waals surface area contributed by atoms with Crippen molar-refractivity contribution in [3.63, 3.8) is 0 Å². The van der Waals surface area contributed by atoms with Crippen LogP contribution in [0.2, 0.25) is 0 Å². The Morgan fingerprint density at radius 1 is 1.05 bits per heavy atom. The Kier molecular flexibility index (Phi) is 4.10. The number of anilines is 1. The summed E-state index contributed by atoms with van der Waals surface area (Å²) in [5.41, 5.74) is -0.00440. The van der Waals surface area contributed by atoms with Gasteiger partial charge in [-0.3, -0.25) is 5.43 Å². The highest BCUT2D eigenvalue weighted by atomic mass is 19.4. The lowest BCUT2D eigenvalue weighted by Gasteiger charge is -2.07. The predicted octanol–water partition coefficient (Wildman–Crippen LogP) is 1.64. The summed E-state index contributed by atoms with van der Waals surface area (Å²) in [6.45, 7) is 0. The molecule has 102 valence electrons. The number of hydrogen-bond acceptors (Lipinski definition) is 4. The molecule has 0 bridgehead atoms. The second kappa shape index (κ2) is 5.38. The molecular formula is C10H7F3N2O4. The lowest BCUT2D eigenvalue weighted by Crippen LogP contribution is -2.24. The van der Waals surface area contributed by atoms with Gasteiger partial charge in [0, 0.05) is 0 Å². The van der Waals surface area contributed by atoms with Gasteiger partial charge in [-0.2, -0.15) is 18.3 Å². The molecule has 0 spiro atoms. The highest BCUT2D eigenvalue weighted by Gasteiger charge is 2.29. The van der Waals surface area contributed by atoms with Crippen LogP contribution in [-0.4, -0.2) is 27.9 Å². The third-order valence-corrected chi connectivity index (χ3v) is 1.91. The maximum atomic E-state index is 12.2. The van der Waals surface area contributed by atoms with E-state index in [1.54, 1.807) is 0 Å². The highest BCUT2D eigenvalue weighted by Crippen LogP contribution is 2.29. The first-order valence-corrected chi connectivity index (χ1v) is 4.69. The SMILES string of the molecule is O=C(O)C(=NNc1ccc(C(F)(F)F)cc1)C(=O)O. The van der Waals surface area contributed by atoms with E-state index < -0.39 is 29.4 Å². The van der Waals surface area contributed by atoms with Gasteiger partial charge in [0.05, 0.1) is 11.3 Å². The number of carbonyl (C=O) groups is 2. The van der Waals surface area contributed by atoms with Crippen LogP contribution < -0.4 is 5.43 Å². The number of rotatable bonds is 4. The molecule has 6 nitrogen and oxygen atoms in total. The molecule has 0 saturated heterocycles. The molecule has 0 aliphatic heterocycles. The molecule has 0 heterocycles. The predicted molar refractivity (Wildman–Crippen MR) is 57.8 cm³/mol. The third kappa shape index (κ3) is 3.98. The lowest BCUT2D eigenvalue weighted by molar-refractivity contribution is -0.138. The molecule has 0 saturated carbocycles. The van der Waals surface area contributed by atoms with Gasteiger partial charge in [-0.05, 0) is 24.3 Å². The van der Waals surface area contributed by atoms with Crippen LogP contribution in [0.5, 0.6) is 0 Å². The van der Waals surface area contributed by atoms with Gasteiger partial charge in [-0.25, -0.2) is 9.59 Å². The van der Waals surface area contributed by atoms with Crippen molar-refractivity contribution in [3.8, 4) is 0 Å². The quantitative estimate of drug-likeness (QED) is 0.441. The second-order valence-corrected chi connectivity index (χ2v) is 3.26. The second-order valence-electron chi connectivity index (χ2n) is 3.26. The van der Waals surface area contributed by atoms with Crippen LogP contribution >= 0.6 is 0 Å². The van der Waals surface area contributed by atoms with Crippen molar-refractivity contribution in [2.24, 2.45) is 5.10 Å².